The average Bonchev–Trinajstić information content (AvgIpc) is 2.61. The summed E-state index contributed by atoms with van der Waals surface area (Å²) in [5, 5.41) is 8.72. The summed E-state index contributed by atoms with van der Waals surface area (Å²) >= 11 is 0. The third-order valence-electron chi connectivity index (χ3n) is 2.64. The molecule has 3 heteroatoms. The Hall–Kier alpha value is -1.77. The van der Waals surface area contributed by atoms with Crippen molar-refractivity contribution in [1.82, 2.24) is 0 Å². The standard InChI is InChI=1S/C12H12O3/c1-15-11-4-2-3-9-8(7-12(13)14)5-6-10(9)11/h2-4,7H,5-6H2,1H3,(H,13,14). The van der Waals surface area contributed by atoms with Crippen LogP contribution in [0.15, 0.2) is 24.3 Å². The number of aliphatic carboxylic acids is 1. The fourth-order valence-corrected chi connectivity index (χ4v) is 2.01. The number of fused-ring (bicyclic) bond motifs is 1. The van der Waals surface area contributed by atoms with Crippen LogP contribution >= 0.6 is 0 Å². The van der Waals surface area contributed by atoms with Gasteiger partial charge in [0, 0.05) is 11.6 Å². The molecular weight excluding hydrogens is 192 g/mol. The van der Waals surface area contributed by atoms with Crippen LogP contribution in [0, 0.1) is 0 Å². The number of carbonyl (C=O) groups is 1. The molecule has 0 saturated carbocycles. The summed E-state index contributed by atoms with van der Waals surface area (Å²) in [7, 11) is 1.63. The first-order valence-corrected chi connectivity index (χ1v) is 4.82. The first-order valence-electron chi connectivity index (χ1n) is 4.82. The predicted molar refractivity (Wildman–Crippen MR) is 56.9 cm³/mol. The van der Waals surface area contributed by atoms with Crippen molar-refractivity contribution in [2.24, 2.45) is 0 Å². The molecule has 1 N–H and O–H groups in total. The Balaban J connectivity index is 2.48. The highest BCUT2D eigenvalue weighted by Gasteiger charge is 2.20. The Morgan fingerprint density at radius 2 is 2.27 bits per heavy atom. The maximum Gasteiger partial charge on any atom is 0.328 e. The summed E-state index contributed by atoms with van der Waals surface area (Å²) in [6, 6.07) is 5.74. The van der Waals surface area contributed by atoms with Crippen molar-refractivity contribution in [1.29, 1.82) is 0 Å². The molecule has 0 aliphatic heterocycles. The lowest BCUT2D eigenvalue weighted by Gasteiger charge is -2.06. The molecule has 2 rings (SSSR count). The molecule has 0 bridgehead atoms. The van der Waals surface area contributed by atoms with Crippen LogP contribution in [0.5, 0.6) is 5.75 Å². The number of hydrogen-bond donors (Lipinski definition) is 1. The second kappa shape index (κ2) is 3.77. The summed E-state index contributed by atoms with van der Waals surface area (Å²) in [4.78, 5) is 10.6. The summed E-state index contributed by atoms with van der Waals surface area (Å²) < 4.78 is 5.24. The van der Waals surface area contributed by atoms with Crippen molar-refractivity contribution >= 4 is 11.5 Å². The van der Waals surface area contributed by atoms with Gasteiger partial charge >= 0.3 is 5.97 Å². The van der Waals surface area contributed by atoms with E-state index < -0.39 is 5.97 Å². The first-order chi connectivity index (χ1) is 7.22. The number of allylic oxidation sites excluding steroid dienone is 1. The van der Waals surface area contributed by atoms with Gasteiger partial charge in [0.1, 0.15) is 5.75 Å². The molecule has 1 aliphatic carbocycles. The number of rotatable bonds is 2. The van der Waals surface area contributed by atoms with Crippen LogP contribution in [0.4, 0.5) is 0 Å². The zero-order valence-electron chi connectivity index (χ0n) is 8.49. The quantitative estimate of drug-likeness (QED) is 0.750. The van der Waals surface area contributed by atoms with Gasteiger partial charge in [-0.15, -0.1) is 0 Å². The van der Waals surface area contributed by atoms with Gasteiger partial charge in [-0.05, 0) is 30.0 Å². The van der Waals surface area contributed by atoms with Crippen molar-refractivity contribution in [2.45, 2.75) is 12.8 Å². The number of ether oxygens (including phenoxy) is 1. The van der Waals surface area contributed by atoms with Gasteiger partial charge in [-0.1, -0.05) is 12.1 Å². The Bertz CT molecular complexity index is 432. The number of carboxylic acids is 1. The molecule has 0 unspecified atom stereocenters. The van der Waals surface area contributed by atoms with E-state index in [2.05, 4.69) is 0 Å². The number of hydrogen-bond acceptors (Lipinski definition) is 2. The monoisotopic (exact) mass is 204 g/mol. The van der Waals surface area contributed by atoms with Crippen molar-refractivity contribution in [3.63, 3.8) is 0 Å². The highest BCUT2D eigenvalue weighted by Crippen LogP contribution is 2.37. The molecule has 0 aromatic heterocycles. The lowest BCUT2D eigenvalue weighted by Crippen LogP contribution is -1.91. The minimum absolute atomic E-state index is 0.780. The predicted octanol–water partition coefficient (Wildman–Crippen LogP) is 2.11. The summed E-state index contributed by atoms with van der Waals surface area (Å²) in [5.74, 6) is -0.0399. The fourth-order valence-electron chi connectivity index (χ4n) is 2.01. The number of methoxy groups -OCH3 is 1. The van der Waals surface area contributed by atoms with Crippen LogP contribution in [0.3, 0.4) is 0 Å². The van der Waals surface area contributed by atoms with E-state index >= 15 is 0 Å². The Morgan fingerprint density at radius 3 is 2.93 bits per heavy atom. The Morgan fingerprint density at radius 1 is 1.47 bits per heavy atom. The molecule has 1 aromatic rings. The maximum absolute atomic E-state index is 10.6. The van der Waals surface area contributed by atoms with E-state index in [9.17, 15) is 4.79 Å². The van der Waals surface area contributed by atoms with E-state index in [1.165, 1.54) is 6.08 Å². The first kappa shape index (κ1) is 9.77. The van der Waals surface area contributed by atoms with Crippen molar-refractivity contribution in [3.8, 4) is 5.75 Å². The van der Waals surface area contributed by atoms with Crippen LogP contribution in [-0.4, -0.2) is 18.2 Å². The van der Waals surface area contributed by atoms with Gasteiger partial charge in [-0.25, -0.2) is 4.79 Å². The normalized spacial score (nSPS) is 16.5. The average molecular weight is 204 g/mol. The zero-order valence-corrected chi connectivity index (χ0v) is 8.49. The molecule has 1 aromatic carbocycles. The van der Waals surface area contributed by atoms with Crippen molar-refractivity contribution < 1.29 is 14.6 Å². The molecule has 1 aliphatic rings. The van der Waals surface area contributed by atoms with Gasteiger partial charge in [0.15, 0.2) is 0 Å². The molecule has 0 spiro atoms. The minimum Gasteiger partial charge on any atom is -0.496 e. The maximum atomic E-state index is 10.6. The lowest BCUT2D eigenvalue weighted by molar-refractivity contribution is -0.131. The smallest absolute Gasteiger partial charge is 0.328 e. The summed E-state index contributed by atoms with van der Waals surface area (Å²) in [6.07, 6.45) is 2.92. The van der Waals surface area contributed by atoms with Gasteiger partial charge < -0.3 is 9.84 Å². The van der Waals surface area contributed by atoms with E-state index in [0.717, 1.165) is 35.3 Å². The van der Waals surface area contributed by atoms with Gasteiger partial charge in [-0.2, -0.15) is 0 Å². The van der Waals surface area contributed by atoms with E-state index in [-0.39, 0.29) is 0 Å². The molecule has 0 amide bonds. The Kier molecular flexibility index (Phi) is 2.46. The van der Waals surface area contributed by atoms with Crippen LogP contribution in [0.25, 0.3) is 5.57 Å². The van der Waals surface area contributed by atoms with Crippen molar-refractivity contribution in [3.05, 3.63) is 35.4 Å². The second-order valence-electron chi connectivity index (χ2n) is 3.49. The van der Waals surface area contributed by atoms with E-state index in [0.29, 0.717) is 0 Å². The van der Waals surface area contributed by atoms with Gasteiger partial charge in [0.2, 0.25) is 0 Å². The van der Waals surface area contributed by atoms with Crippen LogP contribution in [-0.2, 0) is 11.2 Å². The van der Waals surface area contributed by atoms with Gasteiger partial charge in [-0.3, -0.25) is 0 Å². The Labute approximate surface area is 88.0 Å². The molecule has 0 saturated heterocycles. The largest absolute Gasteiger partial charge is 0.496 e. The van der Waals surface area contributed by atoms with Crippen LogP contribution < -0.4 is 4.74 Å². The number of benzene rings is 1. The second-order valence-corrected chi connectivity index (χ2v) is 3.49. The molecule has 78 valence electrons. The lowest BCUT2D eigenvalue weighted by atomic mass is 10.1. The minimum atomic E-state index is -0.888. The molecule has 3 nitrogen and oxygen atoms in total. The highest BCUT2D eigenvalue weighted by atomic mass is 16.5. The summed E-state index contributed by atoms with van der Waals surface area (Å²) in [6.45, 7) is 0. The van der Waals surface area contributed by atoms with Crippen LogP contribution in [0.1, 0.15) is 17.5 Å². The molecule has 0 radical (unpaired) electrons. The molecule has 15 heavy (non-hydrogen) atoms. The van der Waals surface area contributed by atoms with E-state index in [1.54, 1.807) is 7.11 Å². The van der Waals surface area contributed by atoms with Crippen molar-refractivity contribution in [2.75, 3.05) is 7.11 Å². The van der Waals surface area contributed by atoms with Gasteiger partial charge in [0.05, 0.1) is 7.11 Å². The third-order valence-corrected chi connectivity index (χ3v) is 2.64. The fraction of sp³-hybridized carbons (Fsp3) is 0.250. The number of carboxylic acid groups (broad SMARTS) is 1. The molecule has 0 fully saturated rings. The highest BCUT2D eigenvalue weighted by molar-refractivity contribution is 5.92. The summed E-state index contributed by atoms with van der Waals surface area (Å²) in [5.41, 5.74) is 3.01. The molecule has 0 atom stereocenters. The van der Waals surface area contributed by atoms with Crippen LogP contribution in [0.2, 0.25) is 0 Å². The molecular formula is C12H12O3. The van der Waals surface area contributed by atoms with E-state index in [4.69, 9.17) is 9.84 Å². The third kappa shape index (κ3) is 1.73. The molecule has 0 heterocycles. The van der Waals surface area contributed by atoms with E-state index in [1.807, 2.05) is 18.2 Å². The van der Waals surface area contributed by atoms with Gasteiger partial charge in [0.25, 0.3) is 0 Å². The zero-order chi connectivity index (χ0) is 10.8. The SMILES string of the molecule is COc1cccc2c1CCC2=CC(=O)O. The topological polar surface area (TPSA) is 46.5 Å².